The fourth-order valence-corrected chi connectivity index (χ4v) is 13.7. The van der Waals surface area contributed by atoms with E-state index in [2.05, 4.69) is 50.5 Å². The molecule has 392 valence electrons. The largest absolute Gasteiger partial charge is 0.481 e. The first kappa shape index (κ1) is 58.1. The molecule has 4 aliphatic carbocycles. The Morgan fingerprint density at radius 1 is 0.618 bits per heavy atom. The molecule has 0 aromatic heterocycles. The number of ketones is 1. The average Bonchev–Trinajstić information content (AvgIpc) is 3.68. The number of Topliss-reactive ketones (excluding diaryl/α,β-unsaturated/α-hetero) is 1. The first-order valence-corrected chi connectivity index (χ1v) is 28.7. The second-order valence-corrected chi connectivity index (χ2v) is 22.6. The lowest BCUT2D eigenvalue weighted by atomic mass is 9.44. The van der Waals surface area contributed by atoms with E-state index in [1.807, 2.05) is 0 Å². The molecule has 0 saturated heterocycles. The number of carboxylic acid groups (broad SMARTS) is 1. The molecule has 4 fully saturated rings. The third-order valence-electron chi connectivity index (χ3n) is 17.7. The number of carbonyl (C=O) groups is 4. The molecule has 0 aliphatic heterocycles. The van der Waals surface area contributed by atoms with Crippen molar-refractivity contribution in [3.05, 3.63) is 12.2 Å². The zero-order valence-electron chi connectivity index (χ0n) is 44.1. The Morgan fingerprint density at radius 3 is 1.93 bits per heavy atom. The van der Waals surface area contributed by atoms with Crippen LogP contribution in [0.15, 0.2) is 12.2 Å². The number of unbranched alkanes of at least 4 members (excludes halogenated alkanes) is 15. The van der Waals surface area contributed by atoms with Crippen LogP contribution in [0.4, 0.5) is 4.79 Å². The van der Waals surface area contributed by atoms with Crippen LogP contribution >= 0.6 is 0 Å². The van der Waals surface area contributed by atoms with Gasteiger partial charge < -0.3 is 30.0 Å². The van der Waals surface area contributed by atoms with Gasteiger partial charge in [0.2, 0.25) is 5.91 Å². The molecule has 0 aromatic rings. The van der Waals surface area contributed by atoms with Crippen molar-refractivity contribution in [1.82, 2.24) is 10.6 Å². The van der Waals surface area contributed by atoms with Crippen LogP contribution in [0, 0.1) is 46.3 Å². The van der Waals surface area contributed by atoms with Crippen molar-refractivity contribution in [1.29, 1.82) is 0 Å². The molecule has 4 saturated carbocycles. The summed E-state index contributed by atoms with van der Waals surface area (Å²) in [6.45, 7) is 12.9. The van der Waals surface area contributed by atoms with Gasteiger partial charge in [0.05, 0.1) is 26.2 Å². The summed E-state index contributed by atoms with van der Waals surface area (Å²) in [5.41, 5.74) is 0.720. The van der Waals surface area contributed by atoms with E-state index in [1.54, 1.807) is 0 Å². The molecule has 4 rings (SSSR count). The molecule has 10 heteroatoms. The maximum absolute atomic E-state index is 12.9. The number of fused-ring (bicyclic) bond motifs is 5. The Kier molecular flexibility index (Phi) is 28.4. The van der Waals surface area contributed by atoms with Crippen LogP contribution in [-0.2, 0) is 28.6 Å². The van der Waals surface area contributed by atoms with Gasteiger partial charge in [-0.25, -0.2) is 4.79 Å². The number of hydrogen-bond donors (Lipinski definition) is 3. The number of amides is 2. The number of carbonyl (C=O) groups excluding carboxylic acids is 3. The monoisotopic (exact) mass is 955 g/mol. The van der Waals surface area contributed by atoms with E-state index in [1.165, 1.54) is 128 Å². The van der Waals surface area contributed by atoms with Crippen molar-refractivity contribution >= 4 is 23.8 Å². The lowest BCUT2D eigenvalue weighted by molar-refractivity contribution is -0.138. The maximum Gasteiger partial charge on any atom is 0.407 e. The van der Waals surface area contributed by atoms with Gasteiger partial charge in [-0.2, -0.15) is 0 Å². The summed E-state index contributed by atoms with van der Waals surface area (Å²) in [4.78, 5) is 48.5. The van der Waals surface area contributed by atoms with Gasteiger partial charge in [-0.1, -0.05) is 104 Å². The number of carboxylic acids is 1. The summed E-state index contributed by atoms with van der Waals surface area (Å²) in [6.07, 6.45) is 40.9. The van der Waals surface area contributed by atoms with Gasteiger partial charge in [-0.15, -0.1) is 0 Å². The first-order valence-electron chi connectivity index (χ1n) is 28.7. The number of aliphatic carboxylic acids is 1. The van der Waals surface area contributed by atoms with Crippen molar-refractivity contribution in [2.24, 2.45) is 46.3 Å². The zero-order chi connectivity index (χ0) is 48.9. The van der Waals surface area contributed by atoms with Crippen LogP contribution in [0.1, 0.15) is 240 Å². The molecular weight excluding hydrogens is 853 g/mol. The topological polar surface area (TPSA) is 140 Å². The molecule has 0 bridgehead atoms. The van der Waals surface area contributed by atoms with E-state index in [4.69, 9.17) is 19.3 Å². The highest BCUT2D eigenvalue weighted by atomic mass is 16.6. The lowest BCUT2D eigenvalue weighted by Crippen LogP contribution is -2.54. The minimum absolute atomic E-state index is 0.00190. The number of hydrogen-bond acceptors (Lipinski definition) is 7. The molecule has 4 aliphatic rings. The standard InChI is InChI=1S/C58H102N2O8/c1-5-6-7-8-9-10-11-12-13-14-15-16-17-18-19-23-40-60-56(65)68-49-34-37-57(3)47(45-49)29-30-50-52-32-31-51(58(52,4)38-35-53(50)57)46(2)28-33-54(62)59-39-24-20-21-26-48(61)27-22-25-41-66-43-44-67-42-36-55(63)64/h12-13,46-47,49-53H,5-11,14-45H2,1-4H3,(H,59,62)(H,60,65)(H,63,64)/b13-12-/t46-,47?,49-,50?,51-,52?,53?,57+,58-/m1/s1. The van der Waals surface area contributed by atoms with Crippen molar-refractivity contribution < 1.29 is 38.5 Å². The van der Waals surface area contributed by atoms with Crippen LogP contribution in [0.25, 0.3) is 0 Å². The summed E-state index contributed by atoms with van der Waals surface area (Å²) in [5, 5.41) is 14.9. The van der Waals surface area contributed by atoms with Crippen LogP contribution < -0.4 is 10.6 Å². The second kappa shape index (κ2) is 33.2. The van der Waals surface area contributed by atoms with Gasteiger partial charge in [0.15, 0.2) is 0 Å². The predicted octanol–water partition coefficient (Wildman–Crippen LogP) is 14.1. The molecule has 4 unspecified atom stereocenters. The summed E-state index contributed by atoms with van der Waals surface area (Å²) >= 11 is 0. The molecule has 68 heavy (non-hydrogen) atoms. The number of ether oxygens (including phenoxy) is 3. The van der Waals surface area contributed by atoms with Crippen LogP contribution in [0.3, 0.4) is 0 Å². The molecule has 3 N–H and O–H groups in total. The van der Waals surface area contributed by atoms with Gasteiger partial charge in [0.1, 0.15) is 11.9 Å². The summed E-state index contributed by atoms with van der Waals surface area (Å²) in [7, 11) is 0. The highest BCUT2D eigenvalue weighted by Crippen LogP contribution is 2.68. The van der Waals surface area contributed by atoms with Gasteiger partial charge in [-0.05, 0) is 168 Å². The summed E-state index contributed by atoms with van der Waals surface area (Å²) < 4.78 is 16.8. The average molecular weight is 955 g/mol. The van der Waals surface area contributed by atoms with Gasteiger partial charge in [0.25, 0.3) is 0 Å². The zero-order valence-corrected chi connectivity index (χ0v) is 44.1. The van der Waals surface area contributed by atoms with Gasteiger partial charge in [-0.3, -0.25) is 14.4 Å². The number of nitrogens with one attached hydrogen (secondary N) is 2. The molecule has 0 aromatic carbocycles. The molecule has 9 atom stereocenters. The van der Waals surface area contributed by atoms with Crippen LogP contribution in [0.5, 0.6) is 0 Å². The minimum Gasteiger partial charge on any atom is -0.481 e. The molecule has 2 amide bonds. The van der Waals surface area contributed by atoms with Crippen molar-refractivity contribution in [2.45, 2.75) is 246 Å². The number of allylic oxidation sites excluding steroid dienone is 2. The van der Waals surface area contributed by atoms with Gasteiger partial charge >= 0.3 is 12.1 Å². The van der Waals surface area contributed by atoms with E-state index in [-0.39, 0.29) is 31.1 Å². The number of rotatable bonds is 38. The predicted molar refractivity (Wildman–Crippen MR) is 276 cm³/mol. The van der Waals surface area contributed by atoms with E-state index in [0.29, 0.717) is 80.0 Å². The normalized spacial score (nSPS) is 27.0. The maximum atomic E-state index is 12.9. The third kappa shape index (κ3) is 20.7. The Labute approximate surface area is 415 Å². The Bertz CT molecular complexity index is 1450. The molecule has 0 radical (unpaired) electrons. The first-order chi connectivity index (χ1) is 33.0. The Hall–Kier alpha value is -2.46. The SMILES string of the molecule is CCCCCCCC/C=C\CCCCCCCCNC(=O)O[C@@H]1CC[C@@]2(C)C(CCC3C2CC[C@@]2(C)C3CC[C@@H]2[C@H](C)CCC(=O)NCCCCCC(=O)CCCCOCCOCCC(=O)O)C1. The Balaban J connectivity index is 1.01. The van der Waals surface area contributed by atoms with E-state index >= 15 is 0 Å². The second-order valence-electron chi connectivity index (χ2n) is 22.6. The minimum atomic E-state index is -0.867. The quantitative estimate of drug-likeness (QED) is 0.0411. The lowest BCUT2D eigenvalue weighted by Gasteiger charge is -2.61. The molecule has 0 heterocycles. The highest BCUT2D eigenvalue weighted by molar-refractivity contribution is 5.78. The van der Waals surface area contributed by atoms with Crippen LogP contribution in [-0.4, -0.2) is 74.5 Å². The Morgan fingerprint density at radius 2 is 1.22 bits per heavy atom. The smallest absolute Gasteiger partial charge is 0.407 e. The van der Waals surface area contributed by atoms with E-state index in [9.17, 15) is 19.2 Å². The summed E-state index contributed by atoms with van der Waals surface area (Å²) in [5.74, 6) is 3.85. The molecule has 10 nitrogen and oxygen atoms in total. The molecule has 0 spiro atoms. The fraction of sp³-hybridized carbons (Fsp3) is 0.897. The highest BCUT2D eigenvalue weighted by Gasteiger charge is 2.60. The fourth-order valence-electron chi connectivity index (χ4n) is 13.7. The number of alkyl carbamates (subject to hydrolysis) is 1. The van der Waals surface area contributed by atoms with E-state index in [0.717, 1.165) is 82.1 Å². The van der Waals surface area contributed by atoms with E-state index < -0.39 is 5.97 Å². The van der Waals surface area contributed by atoms with Crippen molar-refractivity contribution in [3.8, 4) is 0 Å². The summed E-state index contributed by atoms with van der Waals surface area (Å²) in [6, 6.07) is 0. The van der Waals surface area contributed by atoms with Crippen LogP contribution in [0.2, 0.25) is 0 Å². The van der Waals surface area contributed by atoms with Crippen molar-refractivity contribution in [3.63, 3.8) is 0 Å². The van der Waals surface area contributed by atoms with Crippen molar-refractivity contribution in [2.75, 3.05) is 39.5 Å². The third-order valence-corrected chi connectivity index (χ3v) is 17.7. The van der Waals surface area contributed by atoms with Gasteiger partial charge in [0, 0.05) is 39.0 Å². The molecular formula is C58H102N2O8.